The topological polar surface area (TPSA) is 75.2 Å². The fourth-order valence-electron chi connectivity index (χ4n) is 2.03. The van der Waals surface area contributed by atoms with E-state index in [1.54, 1.807) is 0 Å². The van der Waals surface area contributed by atoms with Crippen molar-refractivity contribution in [3.63, 3.8) is 0 Å². The molecule has 6 nitrogen and oxygen atoms in total. The molecule has 7 heteroatoms. The minimum Gasteiger partial charge on any atom is -0.354 e. The van der Waals surface area contributed by atoms with E-state index in [4.69, 9.17) is 0 Å². The Bertz CT molecular complexity index is 495. The van der Waals surface area contributed by atoms with Crippen LogP contribution in [-0.4, -0.2) is 42.3 Å². The lowest BCUT2D eigenvalue weighted by atomic mass is 10.2. The van der Waals surface area contributed by atoms with Gasteiger partial charge < -0.3 is 5.32 Å². The molecule has 0 spiro atoms. The van der Waals surface area contributed by atoms with Crippen molar-refractivity contribution in [3.05, 3.63) is 12.4 Å². The SMILES string of the molecule is CCCNc1ncc(S(=O)(=O)N2CCCCC2)cn1. The minimum atomic E-state index is -3.42. The predicted molar refractivity (Wildman–Crippen MR) is 73.4 cm³/mol. The van der Waals surface area contributed by atoms with Gasteiger partial charge in [-0.25, -0.2) is 18.4 Å². The first-order chi connectivity index (χ1) is 9.14. The van der Waals surface area contributed by atoms with E-state index in [9.17, 15) is 8.42 Å². The summed E-state index contributed by atoms with van der Waals surface area (Å²) in [5.74, 6) is 0.472. The Balaban J connectivity index is 2.11. The van der Waals surface area contributed by atoms with Gasteiger partial charge in [-0.1, -0.05) is 13.3 Å². The van der Waals surface area contributed by atoms with Gasteiger partial charge in [0.2, 0.25) is 16.0 Å². The second kappa shape index (κ2) is 6.29. The molecule has 1 aromatic rings. The van der Waals surface area contributed by atoms with Crippen molar-refractivity contribution < 1.29 is 8.42 Å². The summed E-state index contributed by atoms with van der Waals surface area (Å²) in [5, 5.41) is 3.02. The van der Waals surface area contributed by atoms with Crippen LogP contribution in [0.4, 0.5) is 5.95 Å². The summed E-state index contributed by atoms with van der Waals surface area (Å²) in [5.41, 5.74) is 0. The van der Waals surface area contributed by atoms with Crippen molar-refractivity contribution in [1.29, 1.82) is 0 Å². The standard InChI is InChI=1S/C12H20N4O2S/c1-2-6-13-12-14-9-11(10-15-12)19(17,18)16-7-4-3-5-8-16/h9-10H,2-8H2,1H3,(H,13,14,15). The lowest BCUT2D eigenvalue weighted by molar-refractivity contribution is 0.346. The molecular weight excluding hydrogens is 264 g/mol. The quantitative estimate of drug-likeness (QED) is 0.886. The molecule has 0 aromatic carbocycles. The van der Waals surface area contributed by atoms with Gasteiger partial charge in [-0.15, -0.1) is 0 Å². The lowest BCUT2D eigenvalue weighted by Gasteiger charge is -2.25. The van der Waals surface area contributed by atoms with E-state index in [0.29, 0.717) is 19.0 Å². The molecule has 0 atom stereocenters. The summed E-state index contributed by atoms with van der Waals surface area (Å²) in [6.45, 7) is 4.01. The van der Waals surface area contributed by atoms with Crippen LogP contribution in [0.5, 0.6) is 0 Å². The number of rotatable bonds is 5. The monoisotopic (exact) mass is 284 g/mol. The molecule has 0 amide bonds. The number of piperidine rings is 1. The number of nitrogens with one attached hydrogen (secondary N) is 1. The van der Waals surface area contributed by atoms with E-state index in [1.807, 2.05) is 6.92 Å². The van der Waals surface area contributed by atoms with Crippen LogP contribution in [0.2, 0.25) is 0 Å². The summed E-state index contributed by atoms with van der Waals surface area (Å²) >= 11 is 0. The first-order valence-corrected chi connectivity index (χ1v) is 8.14. The Morgan fingerprint density at radius 2 is 1.84 bits per heavy atom. The van der Waals surface area contributed by atoms with Crippen LogP contribution in [0, 0.1) is 0 Å². The molecule has 19 heavy (non-hydrogen) atoms. The molecule has 0 radical (unpaired) electrons. The maximum atomic E-state index is 12.3. The summed E-state index contributed by atoms with van der Waals surface area (Å²) in [4.78, 5) is 8.28. The fraction of sp³-hybridized carbons (Fsp3) is 0.667. The first-order valence-electron chi connectivity index (χ1n) is 6.70. The molecule has 2 rings (SSSR count). The van der Waals surface area contributed by atoms with Crippen LogP contribution < -0.4 is 5.32 Å². The van der Waals surface area contributed by atoms with Gasteiger partial charge in [0.25, 0.3) is 0 Å². The third-order valence-corrected chi connectivity index (χ3v) is 4.97. The molecule has 0 bridgehead atoms. The molecule has 1 saturated heterocycles. The summed E-state index contributed by atoms with van der Waals surface area (Å²) in [6.07, 6.45) is 6.69. The number of aromatic nitrogens is 2. The molecule has 0 saturated carbocycles. The van der Waals surface area contributed by atoms with Crippen LogP contribution in [0.15, 0.2) is 17.3 Å². The fourth-order valence-corrected chi connectivity index (χ4v) is 3.44. The number of hydrogen-bond donors (Lipinski definition) is 1. The van der Waals surface area contributed by atoms with Crippen molar-refractivity contribution >= 4 is 16.0 Å². The van der Waals surface area contributed by atoms with Gasteiger partial charge in [0.15, 0.2) is 0 Å². The maximum Gasteiger partial charge on any atom is 0.246 e. The van der Waals surface area contributed by atoms with Crippen molar-refractivity contribution in [1.82, 2.24) is 14.3 Å². The molecule has 1 fully saturated rings. The van der Waals surface area contributed by atoms with E-state index in [2.05, 4.69) is 15.3 Å². The Hall–Kier alpha value is -1.21. The molecule has 106 valence electrons. The number of sulfonamides is 1. The highest BCUT2D eigenvalue weighted by atomic mass is 32.2. The van der Waals surface area contributed by atoms with Gasteiger partial charge in [-0.05, 0) is 19.3 Å². The summed E-state index contributed by atoms with van der Waals surface area (Å²) in [6, 6.07) is 0. The number of hydrogen-bond acceptors (Lipinski definition) is 5. The van der Waals surface area contributed by atoms with Crippen LogP contribution >= 0.6 is 0 Å². The van der Waals surface area contributed by atoms with E-state index >= 15 is 0 Å². The zero-order valence-corrected chi connectivity index (χ0v) is 12.0. The van der Waals surface area contributed by atoms with Gasteiger partial charge in [0, 0.05) is 19.6 Å². The van der Waals surface area contributed by atoms with Crippen LogP contribution in [-0.2, 0) is 10.0 Å². The maximum absolute atomic E-state index is 12.3. The molecule has 0 aliphatic carbocycles. The van der Waals surface area contributed by atoms with Crippen molar-refractivity contribution in [2.45, 2.75) is 37.5 Å². The molecular formula is C12H20N4O2S. The normalized spacial score (nSPS) is 17.3. The van der Waals surface area contributed by atoms with Crippen molar-refractivity contribution in [3.8, 4) is 0 Å². The summed E-state index contributed by atoms with van der Waals surface area (Å²) < 4.78 is 26.2. The Kier molecular flexibility index (Phi) is 4.71. The highest BCUT2D eigenvalue weighted by Gasteiger charge is 2.26. The lowest BCUT2D eigenvalue weighted by Crippen LogP contribution is -2.35. The second-order valence-corrected chi connectivity index (χ2v) is 6.57. The van der Waals surface area contributed by atoms with Crippen LogP contribution in [0.1, 0.15) is 32.6 Å². The summed E-state index contributed by atoms with van der Waals surface area (Å²) in [7, 11) is -3.42. The van der Waals surface area contributed by atoms with E-state index < -0.39 is 10.0 Å². The molecule has 1 N–H and O–H groups in total. The van der Waals surface area contributed by atoms with Crippen LogP contribution in [0.25, 0.3) is 0 Å². The van der Waals surface area contributed by atoms with E-state index in [1.165, 1.54) is 16.7 Å². The zero-order chi connectivity index (χ0) is 13.7. The van der Waals surface area contributed by atoms with Gasteiger partial charge in [0.1, 0.15) is 4.90 Å². The number of nitrogens with zero attached hydrogens (tertiary/aromatic N) is 3. The van der Waals surface area contributed by atoms with Crippen LogP contribution in [0.3, 0.4) is 0 Å². The van der Waals surface area contributed by atoms with Gasteiger partial charge in [-0.2, -0.15) is 4.31 Å². The highest BCUT2D eigenvalue weighted by molar-refractivity contribution is 7.89. The second-order valence-electron chi connectivity index (χ2n) is 4.63. The average molecular weight is 284 g/mol. The van der Waals surface area contributed by atoms with Gasteiger partial charge in [0.05, 0.1) is 12.4 Å². The molecule has 1 aliphatic rings. The van der Waals surface area contributed by atoms with Crippen molar-refractivity contribution in [2.24, 2.45) is 0 Å². The highest BCUT2D eigenvalue weighted by Crippen LogP contribution is 2.19. The third-order valence-electron chi connectivity index (χ3n) is 3.11. The first kappa shape index (κ1) is 14.2. The van der Waals surface area contributed by atoms with E-state index in [0.717, 1.165) is 32.2 Å². The molecule has 0 unspecified atom stereocenters. The molecule has 1 aromatic heterocycles. The van der Waals surface area contributed by atoms with Crippen molar-refractivity contribution in [2.75, 3.05) is 25.0 Å². The predicted octanol–water partition coefficient (Wildman–Crippen LogP) is 1.47. The minimum absolute atomic E-state index is 0.177. The Labute approximate surface area is 114 Å². The van der Waals surface area contributed by atoms with Gasteiger partial charge >= 0.3 is 0 Å². The van der Waals surface area contributed by atoms with Gasteiger partial charge in [-0.3, -0.25) is 0 Å². The molecule has 2 heterocycles. The third kappa shape index (κ3) is 3.42. The smallest absolute Gasteiger partial charge is 0.246 e. The number of anilines is 1. The largest absolute Gasteiger partial charge is 0.354 e. The van der Waals surface area contributed by atoms with E-state index in [-0.39, 0.29) is 4.90 Å². The Morgan fingerprint density at radius 1 is 1.21 bits per heavy atom. The molecule has 1 aliphatic heterocycles. The average Bonchev–Trinajstić information content (AvgIpc) is 2.46. The Morgan fingerprint density at radius 3 is 2.42 bits per heavy atom. The zero-order valence-electron chi connectivity index (χ0n) is 11.2.